The largest absolute Gasteiger partial charge is 0.299 e. The Balaban J connectivity index is 2.00. The van der Waals surface area contributed by atoms with Crippen LogP contribution in [0.1, 0.15) is 38.3 Å². The highest BCUT2D eigenvalue weighted by atomic mass is 15.3. The Morgan fingerprint density at radius 1 is 1.67 bits per heavy atom. The van der Waals surface area contributed by atoms with E-state index in [9.17, 15) is 5.26 Å². The van der Waals surface area contributed by atoms with Crippen molar-refractivity contribution in [3.63, 3.8) is 0 Å². The SMILES string of the molecule is CCNC1(C#N)CCCC1CCn1nccc1C. The van der Waals surface area contributed by atoms with E-state index in [1.54, 1.807) is 0 Å². The minimum absolute atomic E-state index is 0.296. The number of nitrogens with one attached hydrogen (secondary N) is 1. The monoisotopic (exact) mass is 246 g/mol. The van der Waals surface area contributed by atoms with E-state index < -0.39 is 0 Å². The summed E-state index contributed by atoms with van der Waals surface area (Å²) < 4.78 is 2.03. The van der Waals surface area contributed by atoms with Gasteiger partial charge in [-0.3, -0.25) is 10.00 Å². The van der Waals surface area contributed by atoms with Crippen molar-refractivity contribution in [1.82, 2.24) is 15.1 Å². The van der Waals surface area contributed by atoms with Gasteiger partial charge in [0.1, 0.15) is 5.54 Å². The summed E-state index contributed by atoms with van der Waals surface area (Å²) in [6, 6.07) is 4.56. The smallest absolute Gasteiger partial charge is 0.109 e. The van der Waals surface area contributed by atoms with E-state index in [4.69, 9.17) is 0 Å². The molecule has 2 rings (SSSR count). The fourth-order valence-corrected chi connectivity index (χ4v) is 3.11. The average molecular weight is 246 g/mol. The van der Waals surface area contributed by atoms with Gasteiger partial charge < -0.3 is 0 Å². The lowest BCUT2D eigenvalue weighted by atomic mass is 9.86. The number of rotatable bonds is 5. The third-order valence-corrected chi connectivity index (χ3v) is 4.13. The maximum absolute atomic E-state index is 9.49. The van der Waals surface area contributed by atoms with Gasteiger partial charge in [-0.15, -0.1) is 0 Å². The quantitative estimate of drug-likeness (QED) is 0.867. The van der Waals surface area contributed by atoms with E-state index in [0.717, 1.165) is 38.8 Å². The fraction of sp³-hybridized carbons (Fsp3) is 0.714. The molecule has 0 bridgehead atoms. The minimum Gasteiger partial charge on any atom is -0.299 e. The molecule has 1 N–H and O–H groups in total. The number of nitrogens with zero attached hydrogens (tertiary/aromatic N) is 3. The van der Waals surface area contributed by atoms with Gasteiger partial charge in [0, 0.05) is 18.4 Å². The standard InChI is InChI=1S/C14H22N4/c1-3-16-14(11-15)8-4-5-13(14)7-10-18-12(2)6-9-17-18/h6,9,13,16H,3-5,7-8,10H2,1-2H3. The molecule has 1 heterocycles. The molecule has 1 aliphatic carbocycles. The normalized spacial score (nSPS) is 27.3. The molecule has 1 aromatic heterocycles. The molecule has 0 spiro atoms. The Bertz CT molecular complexity index is 431. The third kappa shape index (κ3) is 2.41. The van der Waals surface area contributed by atoms with Crippen LogP contribution < -0.4 is 5.32 Å². The van der Waals surface area contributed by atoms with Gasteiger partial charge in [-0.25, -0.2) is 0 Å². The predicted molar refractivity (Wildman–Crippen MR) is 70.9 cm³/mol. The van der Waals surface area contributed by atoms with E-state index in [-0.39, 0.29) is 5.54 Å². The van der Waals surface area contributed by atoms with Crippen molar-refractivity contribution in [2.45, 2.75) is 51.6 Å². The molecule has 98 valence electrons. The van der Waals surface area contributed by atoms with Crippen molar-refractivity contribution >= 4 is 0 Å². The van der Waals surface area contributed by atoms with Crippen molar-refractivity contribution in [3.05, 3.63) is 18.0 Å². The van der Waals surface area contributed by atoms with Crippen LogP contribution >= 0.6 is 0 Å². The first-order valence-electron chi connectivity index (χ1n) is 6.86. The summed E-state index contributed by atoms with van der Waals surface area (Å²) in [4.78, 5) is 0. The molecule has 2 unspecified atom stereocenters. The van der Waals surface area contributed by atoms with Gasteiger partial charge in [0.2, 0.25) is 0 Å². The van der Waals surface area contributed by atoms with Crippen molar-refractivity contribution in [3.8, 4) is 6.07 Å². The molecule has 1 saturated carbocycles. The molecule has 18 heavy (non-hydrogen) atoms. The van der Waals surface area contributed by atoms with E-state index in [0.29, 0.717) is 5.92 Å². The lowest BCUT2D eigenvalue weighted by Gasteiger charge is -2.29. The molecule has 4 nitrogen and oxygen atoms in total. The summed E-state index contributed by atoms with van der Waals surface area (Å²) in [5, 5.41) is 17.2. The highest BCUT2D eigenvalue weighted by molar-refractivity contribution is 5.14. The highest BCUT2D eigenvalue weighted by Crippen LogP contribution is 2.37. The second-order valence-corrected chi connectivity index (χ2v) is 5.19. The summed E-state index contributed by atoms with van der Waals surface area (Å²) in [6.07, 6.45) is 6.17. The second kappa shape index (κ2) is 5.53. The summed E-state index contributed by atoms with van der Waals surface area (Å²) >= 11 is 0. The first-order chi connectivity index (χ1) is 8.72. The van der Waals surface area contributed by atoms with Gasteiger partial charge in [0.25, 0.3) is 0 Å². The lowest BCUT2D eigenvalue weighted by molar-refractivity contribution is 0.290. The lowest BCUT2D eigenvalue weighted by Crippen LogP contribution is -2.47. The van der Waals surface area contributed by atoms with Crippen LogP contribution in [0.3, 0.4) is 0 Å². The molecule has 1 aliphatic rings. The zero-order valence-corrected chi connectivity index (χ0v) is 11.3. The first-order valence-corrected chi connectivity index (χ1v) is 6.86. The van der Waals surface area contributed by atoms with Crippen LogP contribution in [0, 0.1) is 24.2 Å². The average Bonchev–Trinajstić information content (AvgIpc) is 2.94. The van der Waals surface area contributed by atoms with Crippen molar-refractivity contribution in [1.29, 1.82) is 5.26 Å². The maximum atomic E-state index is 9.49. The third-order valence-electron chi connectivity index (χ3n) is 4.13. The molecule has 2 atom stereocenters. The molecule has 0 radical (unpaired) electrons. The van der Waals surface area contributed by atoms with Crippen molar-refractivity contribution in [2.75, 3.05) is 6.54 Å². The zero-order chi connectivity index (χ0) is 13.0. The molecule has 0 saturated heterocycles. The van der Waals surface area contributed by atoms with Crippen LogP contribution in [0.4, 0.5) is 0 Å². The summed E-state index contributed by atoms with van der Waals surface area (Å²) in [5.41, 5.74) is 0.898. The predicted octanol–water partition coefficient (Wildman–Crippen LogP) is 2.25. The Labute approximate surface area is 109 Å². The molecule has 0 aliphatic heterocycles. The topological polar surface area (TPSA) is 53.6 Å². The van der Waals surface area contributed by atoms with Gasteiger partial charge in [-0.1, -0.05) is 13.3 Å². The van der Waals surface area contributed by atoms with Crippen LogP contribution in [0.25, 0.3) is 0 Å². The minimum atomic E-state index is -0.296. The van der Waals surface area contributed by atoms with Gasteiger partial charge >= 0.3 is 0 Å². The number of aromatic nitrogens is 2. The van der Waals surface area contributed by atoms with E-state index >= 15 is 0 Å². The van der Waals surface area contributed by atoms with Crippen molar-refractivity contribution in [2.24, 2.45) is 5.92 Å². The Kier molecular flexibility index (Phi) is 4.03. The van der Waals surface area contributed by atoms with E-state index in [1.165, 1.54) is 5.69 Å². The van der Waals surface area contributed by atoms with Gasteiger partial charge in [-0.05, 0) is 44.7 Å². The molecule has 4 heteroatoms. The Morgan fingerprint density at radius 2 is 2.50 bits per heavy atom. The molecule has 0 aromatic carbocycles. The van der Waals surface area contributed by atoms with Gasteiger partial charge in [-0.2, -0.15) is 10.4 Å². The molecular formula is C14H22N4. The molecule has 1 fully saturated rings. The van der Waals surface area contributed by atoms with Crippen molar-refractivity contribution < 1.29 is 0 Å². The highest BCUT2D eigenvalue weighted by Gasteiger charge is 2.42. The van der Waals surface area contributed by atoms with Gasteiger partial charge in [0.15, 0.2) is 0 Å². The van der Waals surface area contributed by atoms with Crippen LogP contribution in [0.15, 0.2) is 12.3 Å². The van der Waals surface area contributed by atoms with Gasteiger partial charge in [0.05, 0.1) is 6.07 Å². The molecule has 0 amide bonds. The summed E-state index contributed by atoms with van der Waals surface area (Å²) in [6.45, 7) is 5.93. The number of hydrogen-bond donors (Lipinski definition) is 1. The van der Waals surface area contributed by atoms with E-state index in [1.807, 2.05) is 16.9 Å². The summed E-state index contributed by atoms with van der Waals surface area (Å²) in [5.74, 6) is 0.450. The van der Waals surface area contributed by atoms with Crippen LogP contribution in [-0.2, 0) is 6.54 Å². The Morgan fingerprint density at radius 3 is 3.11 bits per heavy atom. The van der Waals surface area contributed by atoms with E-state index in [2.05, 4.69) is 30.3 Å². The molecular weight excluding hydrogens is 224 g/mol. The number of hydrogen-bond acceptors (Lipinski definition) is 3. The number of aryl methyl sites for hydroxylation is 2. The van der Waals surface area contributed by atoms with Crippen LogP contribution in [-0.4, -0.2) is 21.9 Å². The Hall–Kier alpha value is -1.34. The fourth-order valence-electron chi connectivity index (χ4n) is 3.11. The summed E-state index contributed by atoms with van der Waals surface area (Å²) in [7, 11) is 0. The zero-order valence-electron chi connectivity index (χ0n) is 11.3. The second-order valence-electron chi connectivity index (χ2n) is 5.19. The maximum Gasteiger partial charge on any atom is 0.109 e. The van der Waals surface area contributed by atoms with Crippen LogP contribution in [0.2, 0.25) is 0 Å². The first kappa shape index (κ1) is 13.1. The molecule has 1 aromatic rings. The van der Waals surface area contributed by atoms with Crippen LogP contribution in [0.5, 0.6) is 0 Å². The number of nitriles is 1.